The molecular formula is C29H26FN3O3S. The van der Waals surface area contributed by atoms with E-state index in [-0.39, 0.29) is 18.0 Å². The SMILES string of the molecule is CCOC(=O)C1=C(C)N=c2s/c(=C\c3cc(C)n(-c4ccc(F)cc4)c3C)c(=O)n2[C@H]1c1ccccc1. The molecule has 3 heterocycles. The molecule has 0 saturated heterocycles. The van der Waals surface area contributed by atoms with Gasteiger partial charge in [-0.1, -0.05) is 41.7 Å². The molecule has 1 aliphatic heterocycles. The lowest BCUT2D eigenvalue weighted by molar-refractivity contribution is -0.139. The molecule has 0 aliphatic carbocycles. The van der Waals surface area contributed by atoms with Crippen LogP contribution >= 0.6 is 11.3 Å². The number of aromatic nitrogens is 2. The molecule has 0 bridgehead atoms. The summed E-state index contributed by atoms with van der Waals surface area (Å²) in [5, 5.41) is 0. The second kappa shape index (κ2) is 9.78. The van der Waals surface area contributed by atoms with E-state index in [1.165, 1.54) is 23.5 Å². The molecule has 1 atom stereocenters. The molecule has 0 fully saturated rings. The Kier molecular flexibility index (Phi) is 6.52. The number of thiazole rings is 1. The van der Waals surface area contributed by atoms with Crippen molar-refractivity contribution in [1.82, 2.24) is 9.13 Å². The maximum Gasteiger partial charge on any atom is 0.338 e. The number of halogens is 1. The molecule has 37 heavy (non-hydrogen) atoms. The lowest BCUT2D eigenvalue weighted by Gasteiger charge is -2.24. The Morgan fingerprint density at radius 3 is 2.49 bits per heavy atom. The Morgan fingerprint density at radius 2 is 1.81 bits per heavy atom. The van der Waals surface area contributed by atoms with Gasteiger partial charge in [-0.3, -0.25) is 9.36 Å². The minimum Gasteiger partial charge on any atom is -0.463 e. The molecular weight excluding hydrogens is 489 g/mol. The van der Waals surface area contributed by atoms with E-state index >= 15 is 0 Å². The molecule has 0 N–H and O–H groups in total. The monoisotopic (exact) mass is 515 g/mol. The van der Waals surface area contributed by atoms with Gasteiger partial charge >= 0.3 is 5.97 Å². The third-order valence-corrected chi connectivity index (χ3v) is 7.46. The smallest absolute Gasteiger partial charge is 0.338 e. The van der Waals surface area contributed by atoms with Crippen LogP contribution in [0.15, 0.2) is 81.7 Å². The summed E-state index contributed by atoms with van der Waals surface area (Å²) in [5.41, 5.74) is 5.10. The second-order valence-electron chi connectivity index (χ2n) is 8.85. The van der Waals surface area contributed by atoms with Crippen LogP contribution in [-0.4, -0.2) is 21.7 Å². The summed E-state index contributed by atoms with van der Waals surface area (Å²) in [4.78, 5) is 31.9. The van der Waals surface area contributed by atoms with Gasteiger partial charge < -0.3 is 9.30 Å². The summed E-state index contributed by atoms with van der Waals surface area (Å²) >= 11 is 1.29. The highest BCUT2D eigenvalue weighted by molar-refractivity contribution is 7.07. The van der Waals surface area contributed by atoms with Gasteiger partial charge in [-0.25, -0.2) is 14.2 Å². The fraction of sp³-hybridized carbons (Fsp3) is 0.207. The summed E-state index contributed by atoms with van der Waals surface area (Å²) in [6.45, 7) is 7.69. The van der Waals surface area contributed by atoms with E-state index in [0.29, 0.717) is 20.6 Å². The van der Waals surface area contributed by atoms with Crippen molar-refractivity contribution in [2.24, 2.45) is 4.99 Å². The maximum atomic E-state index is 13.8. The molecule has 0 saturated carbocycles. The van der Waals surface area contributed by atoms with Gasteiger partial charge in [-0.15, -0.1) is 0 Å². The third kappa shape index (κ3) is 4.38. The van der Waals surface area contributed by atoms with E-state index in [9.17, 15) is 14.0 Å². The van der Waals surface area contributed by atoms with Crippen LogP contribution in [0.2, 0.25) is 0 Å². The van der Waals surface area contributed by atoms with Crippen molar-refractivity contribution in [2.75, 3.05) is 6.61 Å². The van der Waals surface area contributed by atoms with Gasteiger partial charge in [0.25, 0.3) is 5.56 Å². The zero-order valence-corrected chi connectivity index (χ0v) is 21.8. The van der Waals surface area contributed by atoms with E-state index < -0.39 is 12.0 Å². The lowest BCUT2D eigenvalue weighted by atomic mass is 9.96. The fourth-order valence-electron chi connectivity index (χ4n) is 4.80. The van der Waals surface area contributed by atoms with Crippen LogP contribution in [0.5, 0.6) is 0 Å². The number of ether oxygens (including phenoxy) is 1. The van der Waals surface area contributed by atoms with Crippen molar-refractivity contribution in [3.05, 3.63) is 120 Å². The topological polar surface area (TPSA) is 65.6 Å². The number of hydrogen-bond donors (Lipinski definition) is 0. The summed E-state index contributed by atoms with van der Waals surface area (Å²) < 4.78 is 22.9. The number of allylic oxidation sites excluding steroid dienone is 1. The zero-order chi connectivity index (χ0) is 26.3. The molecule has 4 aromatic rings. The van der Waals surface area contributed by atoms with Crippen LogP contribution in [-0.2, 0) is 9.53 Å². The number of carbonyl (C=O) groups is 1. The Balaban J connectivity index is 1.68. The molecule has 0 spiro atoms. The minimum absolute atomic E-state index is 0.224. The first-order valence-electron chi connectivity index (χ1n) is 12.0. The van der Waals surface area contributed by atoms with Crippen LogP contribution in [0.25, 0.3) is 11.8 Å². The van der Waals surface area contributed by atoms with Crippen molar-refractivity contribution in [1.29, 1.82) is 0 Å². The van der Waals surface area contributed by atoms with Crippen molar-refractivity contribution in [2.45, 2.75) is 33.7 Å². The van der Waals surface area contributed by atoms with Gasteiger partial charge in [0.15, 0.2) is 4.80 Å². The Bertz CT molecular complexity index is 1710. The molecule has 6 nitrogen and oxygen atoms in total. The largest absolute Gasteiger partial charge is 0.463 e. The van der Waals surface area contributed by atoms with Gasteiger partial charge in [0.05, 0.1) is 28.5 Å². The molecule has 5 rings (SSSR count). The number of nitrogens with zero attached hydrogens (tertiary/aromatic N) is 3. The summed E-state index contributed by atoms with van der Waals surface area (Å²) in [5.74, 6) is -0.771. The number of benzene rings is 2. The molecule has 8 heteroatoms. The van der Waals surface area contributed by atoms with E-state index in [0.717, 1.165) is 28.2 Å². The second-order valence-corrected chi connectivity index (χ2v) is 9.86. The fourth-order valence-corrected chi connectivity index (χ4v) is 5.84. The third-order valence-electron chi connectivity index (χ3n) is 6.47. The molecule has 0 amide bonds. The van der Waals surface area contributed by atoms with Gasteiger partial charge in [0.2, 0.25) is 0 Å². The Morgan fingerprint density at radius 1 is 1.11 bits per heavy atom. The van der Waals surface area contributed by atoms with E-state index in [1.807, 2.05) is 60.9 Å². The lowest BCUT2D eigenvalue weighted by Crippen LogP contribution is -2.39. The van der Waals surface area contributed by atoms with Crippen molar-refractivity contribution in [3.63, 3.8) is 0 Å². The summed E-state index contributed by atoms with van der Waals surface area (Å²) in [6.07, 6.45) is 1.86. The van der Waals surface area contributed by atoms with Crippen molar-refractivity contribution < 1.29 is 13.9 Å². The van der Waals surface area contributed by atoms with Crippen LogP contribution in [0.1, 0.15) is 42.4 Å². The first-order chi connectivity index (χ1) is 17.8. The molecule has 0 radical (unpaired) electrons. The number of esters is 1. The number of fused-ring (bicyclic) bond motifs is 1. The first kappa shape index (κ1) is 24.6. The van der Waals surface area contributed by atoms with Gasteiger partial charge in [0, 0.05) is 17.1 Å². The van der Waals surface area contributed by atoms with Crippen LogP contribution < -0.4 is 14.9 Å². The highest BCUT2D eigenvalue weighted by Crippen LogP contribution is 2.30. The normalized spacial score (nSPS) is 15.5. The van der Waals surface area contributed by atoms with E-state index in [4.69, 9.17) is 4.74 Å². The highest BCUT2D eigenvalue weighted by Gasteiger charge is 2.33. The standard InChI is InChI=1S/C29H26FN3O3S/c1-5-36-28(35)25-18(3)31-29-33(26(25)20-9-7-6-8-10-20)27(34)24(37-29)16-21-15-17(2)32(19(21)4)23-13-11-22(30)12-14-23/h6-16,26H,5H2,1-4H3/b24-16-/t26-/m0/s1. The molecule has 2 aromatic heterocycles. The Hall–Kier alpha value is -4.04. The predicted molar refractivity (Wildman–Crippen MR) is 142 cm³/mol. The molecule has 2 aromatic carbocycles. The minimum atomic E-state index is -0.634. The highest BCUT2D eigenvalue weighted by atomic mass is 32.1. The average Bonchev–Trinajstić information content (AvgIpc) is 3.33. The van der Waals surface area contributed by atoms with E-state index in [2.05, 4.69) is 4.99 Å². The number of hydrogen-bond acceptors (Lipinski definition) is 5. The maximum absolute atomic E-state index is 13.8. The number of carbonyl (C=O) groups excluding carboxylic acids is 1. The van der Waals surface area contributed by atoms with Gasteiger partial charge in [-0.2, -0.15) is 0 Å². The van der Waals surface area contributed by atoms with Gasteiger partial charge in [0.1, 0.15) is 5.82 Å². The quantitative estimate of drug-likeness (QED) is 0.372. The summed E-state index contributed by atoms with van der Waals surface area (Å²) in [7, 11) is 0. The number of rotatable bonds is 5. The van der Waals surface area contributed by atoms with Crippen LogP contribution in [0, 0.1) is 19.7 Å². The van der Waals surface area contributed by atoms with Crippen molar-refractivity contribution in [3.8, 4) is 5.69 Å². The van der Waals surface area contributed by atoms with E-state index in [1.54, 1.807) is 30.5 Å². The van der Waals surface area contributed by atoms with Gasteiger partial charge in [-0.05, 0) is 75.2 Å². The average molecular weight is 516 g/mol. The molecule has 0 unspecified atom stereocenters. The first-order valence-corrected chi connectivity index (χ1v) is 12.8. The number of aryl methyl sites for hydroxylation is 1. The zero-order valence-electron chi connectivity index (χ0n) is 21.0. The van der Waals surface area contributed by atoms with Crippen LogP contribution in [0.4, 0.5) is 4.39 Å². The molecule has 1 aliphatic rings. The van der Waals surface area contributed by atoms with Crippen molar-refractivity contribution >= 4 is 23.4 Å². The predicted octanol–water partition coefficient (Wildman–Crippen LogP) is 4.34. The van der Waals surface area contributed by atoms with Crippen LogP contribution in [0.3, 0.4) is 0 Å². The Labute approximate surface area is 217 Å². The summed E-state index contributed by atoms with van der Waals surface area (Å²) in [6, 6.07) is 17.1. The molecule has 188 valence electrons.